The summed E-state index contributed by atoms with van der Waals surface area (Å²) in [5.41, 5.74) is 0.304. The Hall–Kier alpha value is -1.41. The number of aryl methyl sites for hydroxylation is 1. The van der Waals surface area contributed by atoms with Crippen LogP contribution in [0.25, 0.3) is 5.69 Å². The van der Waals surface area contributed by atoms with Crippen molar-refractivity contribution in [2.24, 2.45) is 0 Å². The minimum Gasteiger partial charge on any atom is -0.481 e. The average Bonchev–Trinajstić information content (AvgIpc) is 2.80. The lowest BCUT2D eigenvalue weighted by atomic mass is 10.2. The second kappa shape index (κ2) is 7.04. The Morgan fingerprint density at radius 2 is 2.24 bits per heavy atom. The molecule has 1 N–H and O–H groups in total. The van der Waals surface area contributed by atoms with Gasteiger partial charge >= 0.3 is 5.97 Å². The number of nitrogens with zero attached hydrogens (tertiary/aromatic N) is 3. The molecule has 0 aliphatic rings. The zero-order valence-electron chi connectivity index (χ0n) is 11.2. The van der Waals surface area contributed by atoms with E-state index in [4.69, 9.17) is 5.11 Å². The predicted molar refractivity (Wildman–Crippen MR) is 81.4 cm³/mol. The molecule has 0 spiro atoms. The first-order valence-electron chi connectivity index (χ1n) is 6.27. The van der Waals surface area contributed by atoms with E-state index in [1.54, 1.807) is 16.7 Å². The molecule has 0 aliphatic heterocycles. The van der Waals surface area contributed by atoms with Crippen LogP contribution in [0.4, 0.5) is 4.39 Å². The van der Waals surface area contributed by atoms with E-state index in [0.717, 1.165) is 18.2 Å². The van der Waals surface area contributed by atoms with Crippen molar-refractivity contribution < 1.29 is 14.3 Å². The third-order valence-corrected chi connectivity index (χ3v) is 4.21. The average molecular weight is 374 g/mol. The van der Waals surface area contributed by atoms with Crippen molar-refractivity contribution in [3.63, 3.8) is 0 Å². The van der Waals surface area contributed by atoms with Crippen molar-refractivity contribution >= 4 is 33.7 Å². The van der Waals surface area contributed by atoms with Gasteiger partial charge in [0.2, 0.25) is 0 Å². The second-order valence-electron chi connectivity index (χ2n) is 4.24. The molecule has 2 aromatic rings. The maximum atomic E-state index is 14.2. The normalized spacial score (nSPS) is 10.8. The summed E-state index contributed by atoms with van der Waals surface area (Å²) in [6.45, 7) is 1.99. The summed E-state index contributed by atoms with van der Waals surface area (Å²) in [6, 6.07) is 4.66. The Bertz CT molecular complexity index is 643. The number of thioether (sulfide) groups is 1. The van der Waals surface area contributed by atoms with Gasteiger partial charge in [-0.25, -0.2) is 4.39 Å². The van der Waals surface area contributed by atoms with E-state index in [1.807, 2.05) is 6.92 Å². The highest BCUT2D eigenvalue weighted by Gasteiger charge is 2.19. The summed E-state index contributed by atoms with van der Waals surface area (Å²) in [5, 5.41) is 17.2. The van der Waals surface area contributed by atoms with Gasteiger partial charge in [-0.2, -0.15) is 0 Å². The number of carboxylic acids is 1. The van der Waals surface area contributed by atoms with Crippen LogP contribution in [-0.4, -0.2) is 31.6 Å². The molecule has 1 aromatic carbocycles. The number of hydrogen-bond donors (Lipinski definition) is 1. The molecule has 0 amide bonds. The molecule has 8 heteroatoms. The SMILES string of the molecule is CCCc1nnc(SCC(=O)O)n1-c1c(F)cccc1Br. The summed E-state index contributed by atoms with van der Waals surface area (Å²) < 4.78 is 16.3. The van der Waals surface area contributed by atoms with Gasteiger partial charge in [0.05, 0.1) is 11.4 Å². The standard InChI is InChI=1S/C13H13BrFN3O2S/c1-2-4-10-16-17-13(21-7-11(19)20)18(10)12-8(14)5-3-6-9(12)15/h3,5-6H,2,4,7H2,1H3,(H,19,20). The molecule has 1 aromatic heterocycles. The van der Waals surface area contributed by atoms with Crippen LogP contribution in [0.2, 0.25) is 0 Å². The molecule has 0 bridgehead atoms. The molecule has 5 nitrogen and oxygen atoms in total. The van der Waals surface area contributed by atoms with Gasteiger partial charge < -0.3 is 5.11 Å². The fraction of sp³-hybridized carbons (Fsp3) is 0.308. The molecule has 0 radical (unpaired) electrons. The van der Waals surface area contributed by atoms with Gasteiger partial charge in [-0.05, 0) is 34.5 Å². The third-order valence-electron chi connectivity index (χ3n) is 2.66. The fourth-order valence-electron chi connectivity index (χ4n) is 1.83. The van der Waals surface area contributed by atoms with E-state index in [-0.39, 0.29) is 5.75 Å². The molecule has 0 fully saturated rings. The summed E-state index contributed by atoms with van der Waals surface area (Å²) in [4.78, 5) is 10.7. The molecule has 2 rings (SSSR count). The number of aliphatic carboxylic acids is 1. The van der Waals surface area contributed by atoms with Crippen LogP contribution >= 0.6 is 27.7 Å². The van der Waals surface area contributed by atoms with Crippen LogP contribution in [0.5, 0.6) is 0 Å². The van der Waals surface area contributed by atoms with Gasteiger partial charge in [0, 0.05) is 10.9 Å². The van der Waals surface area contributed by atoms with Gasteiger partial charge in [0.15, 0.2) is 5.16 Å². The highest BCUT2D eigenvalue weighted by molar-refractivity contribution is 9.10. The van der Waals surface area contributed by atoms with Crippen LogP contribution in [0.3, 0.4) is 0 Å². The maximum Gasteiger partial charge on any atom is 0.313 e. The molecule has 0 aliphatic carbocycles. The molecule has 112 valence electrons. The van der Waals surface area contributed by atoms with Gasteiger partial charge in [-0.1, -0.05) is 24.8 Å². The first-order valence-corrected chi connectivity index (χ1v) is 8.05. The molecule has 0 atom stereocenters. The number of carboxylic acid groups (broad SMARTS) is 1. The lowest BCUT2D eigenvalue weighted by Gasteiger charge is -2.12. The second-order valence-corrected chi connectivity index (χ2v) is 6.03. The smallest absolute Gasteiger partial charge is 0.313 e. The first kappa shape index (κ1) is 16.0. The quantitative estimate of drug-likeness (QED) is 0.786. The lowest BCUT2D eigenvalue weighted by Crippen LogP contribution is -2.07. The predicted octanol–water partition coefficient (Wildman–Crippen LogP) is 3.30. The van der Waals surface area contributed by atoms with Gasteiger partial charge in [-0.15, -0.1) is 10.2 Å². The Labute approximate surface area is 133 Å². The Balaban J connectivity index is 2.53. The van der Waals surface area contributed by atoms with Crippen molar-refractivity contribution in [2.75, 3.05) is 5.75 Å². The van der Waals surface area contributed by atoms with Crippen molar-refractivity contribution in [1.29, 1.82) is 0 Å². The van der Waals surface area contributed by atoms with Crippen LogP contribution in [-0.2, 0) is 11.2 Å². The largest absolute Gasteiger partial charge is 0.481 e. The number of halogens is 2. The van der Waals surface area contributed by atoms with E-state index in [0.29, 0.717) is 27.6 Å². The molecule has 0 unspecified atom stereocenters. The van der Waals surface area contributed by atoms with Crippen LogP contribution < -0.4 is 0 Å². The number of para-hydroxylation sites is 1. The summed E-state index contributed by atoms with van der Waals surface area (Å²) in [6.07, 6.45) is 1.45. The zero-order chi connectivity index (χ0) is 15.4. The fourth-order valence-corrected chi connectivity index (χ4v) is 3.03. The minimum atomic E-state index is -0.959. The van der Waals surface area contributed by atoms with E-state index < -0.39 is 11.8 Å². The van der Waals surface area contributed by atoms with E-state index in [1.165, 1.54) is 6.07 Å². The third kappa shape index (κ3) is 3.62. The van der Waals surface area contributed by atoms with Gasteiger partial charge in [-0.3, -0.25) is 9.36 Å². The topological polar surface area (TPSA) is 68.0 Å². The summed E-state index contributed by atoms with van der Waals surface area (Å²) in [5.74, 6) is -0.926. The number of rotatable bonds is 6. The van der Waals surface area contributed by atoms with E-state index in [9.17, 15) is 9.18 Å². The maximum absolute atomic E-state index is 14.2. The van der Waals surface area contributed by atoms with Gasteiger partial charge in [0.1, 0.15) is 11.6 Å². The van der Waals surface area contributed by atoms with Gasteiger partial charge in [0.25, 0.3) is 0 Å². The van der Waals surface area contributed by atoms with Crippen LogP contribution in [0, 0.1) is 5.82 Å². The molecule has 0 saturated carbocycles. The highest BCUT2D eigenvalue weighted by Crippen LogP contribution is 2.29. The number of carbonyl (C=O) groups is 1. The van der Waals surface area contributed by atoms with Crippen molar-refractivity contribution in [3.05, 3.63) is 34.3 Å². The molecule has 1 heterocycles. The van der Waals surface area contributed by atoms with Crippen molar-refractivity contribution in [2.45, 2.75) is 24.9 Å². The Morgan fingerprint density at radius 1 is 1.48 bits per heavy atom. The summed E-state index contributed by atoms with van der Waals surface area (Å²) in [7, 11) is 0. The van der Waals surface area contributed by atoms with Crippen LogP contribution in [0.1, 0.15) is 19.2 Å². The minimum absolute atomic E-state index is 0.156. The van der Waals surface area contributed by atoms with E-state index in [2.05, 4.69) is 26.1 Å². The number of hydrogen-bond acceptors (Lipinski definition) is 4. The van der Waals surface area contributed by atoms with Crippen LogP contribution in [0.15, 0.2) is 27.8 Å². The summed E-state index contributed by atoms with van der Waals surface area (Å²) >= 11 is 4.34. The number of aromatic nitrogens is 3. The number of benzene rings is 1. The molecule has 21 heavy (non-hydrogen) atoms. The monoisotopic (exact) mass is 373 g/mol. The van der Waals surface area contributed by atoms with Crippen molar-refractivity contribution in [1.82, 2.24) is 14.8 Å². The zero-order valence-corrected chi connectivity index (χ0v) is 13.6. The molecule has 0 saturated heterocycles. The van der Waals surface area contributed by atoms with E-state index >= 15 is 0 Å². The first-order chi connectivity index (χ1) is 10.0. The Morgan fingerprint density at radius 3 is 2.86 bits per heavy atom. The Kier molecular flexibility index (Phi) is 5.35. The molecular formula is C13H13BrFN3O2S. The van der Waals surface area contributed by atoms with Crippen molar-refractivity contribution in [3.8, 4) is 5.69 Å². The highest BCUT2D eigenvalue weighted by atomic mass is 79.9. The molecular weight excluding hydrogens is 361 g/mol. The lowest BCUT2D eigenvalue weighted by molar-refractivity contribution is -0.133.